The topological polar surface area (TPSA) is 50.7 Å². The fourth-order valence-corrected chi connectivity index (χ4v) is 1.87. The first-order valence-electron chi connectivity index (χ1n) is 4.59. The SMILES string of the molecule is CCOC(=O)C1=Nc2ccccc2SN1. The molecule has 1 aromatic rings. The Kier molecular flexibility index (Phi) is 2.91. The van der Waals surface area contributed by atoms with E-state index in [2.05, 4.69) is 9.71 Å². The van der Waals surface area contributed by atoms with Crippen LogP contribution in [0.5, 0.6) is 0 Å². The predicted molar refractivity (Wildman–Crippen MR) is 59.2 cm³/mol. The lowest BCUT2D eigenvalue weighted by molar-refractivity contribution is -0.135. The molecule has 0 fully saturated rings. The third-order valence-corrected chi connectivity index (χ3v) is 2.68. The second-order valence-corrected chi connectivity index (χ2v) is 3.70. The van der Waals surface area contributed by atoms with Crippen molar-refractivity contribution in [1.29, 1.82) is 0 Å². The van der Waals surface area contributed by atoms with Crippen LogP contribution in [0.1, 0.15) is 6.92 Å². The highest BCUT2D eigenvalue weighted by atomic mass is 32.2. The third kappa shape index (κ3) is 2.12. The molecule has 1 heterocycles. The van der Waals surface area contributed by atoms with Crippen molar-refractivity contribution >= 4 is 29.4 Å². The van der Waals surface area contributed by atoms with E-state index in [0.29, 0.717) is 6.61 Å². The van der Waals surface area contributed by atoms with Crippen LogP contribution >= 0.6 is 11.9 Å². The van der Waals surface area contributed by atoms with Crippen molar-refractivity contribution in [2.24, 2.45) is 4.99 Å². The summed E-state index contributed by atoms with van der Waals surface area (Å²) in [6.45, 7) is 2.12. The highest BCUT2D eigenvalue weighted by Gasteiger charge is 2.18. The lowest BCUT2D eigenvalue weighted by Gasteiger charge is -2.14. The highest BCUT2D eigenvalue weighted by Crippen LogP contribution is 2.30. The Bertz CT molecular complexity index is 418. The van der Waals surface area contributed by atoms with Gasteiger partial charge in [0.1, 0.15) is 0 Å². The van der Waals surface area contributed by atoms with Crippen LogP contribution in [0.4, 0.5) is 5.69 Å². The Morgan fingerprint density at radius 3 is 3.13 bits per heavy atom. The number of ether oxygens (including phenoxy) is 1. The number of carbonyl (C=O) groups is 1. The molecular formula is C10H10N2O2S. The van der Waals surface area contributed by atoms with E-state index in [-0.39, 0.29) is 5.84 Å². The molecular weight excluding hydrogens is 212 g/mol. The van der Waals surface area contributed by atoms with E-state index in [9.17, 15) is 4.79 Å². The number of nitrogens with zero attached hydrogens (tertiary/aromatic N) is 1. The van der Waals surface area contributed by atoms with Gasteiger partial charge in [-0.25, -0.2) is 9.79 Å². The maximum Gasteiger partial charge on any atom is 0.374 e. The van der Waals surface area contributed by atoms with Crippen LogP contribution in [0.3, 0.4) is 0 Å². The lowest BCUT2D eigenvalue weighted by Crippen LogP contribution is -2.29. The average molecular weight is 222 g/mol. The first kappa shape index (κ1) is 10.0. The molecule has 0 radical (unpaired) electrons. The Hall–Kier alpha value is -1.49. The molecule has 0 saturated heterocycles. The number of aliphatic imine (C=N–C) groups is 1. The van der Waals surface area contributed by atoms with Gasteiger partial charge in [-0.05, 0) is 31.0 Å². The Balaban J connectivity index is 2.25. The lowest BCUT2D eigenvalue weighted by atomic mass is 10.3. The largest absolute Gasteiger partial charge is 0.460 e. The summed E-state index contributed by atoms with van der Waals surface area (Å²) in [6, 6.07) is 7.62. The molecule has 0 aromatic heterocycles. The van der Waals surface area contributed by atoms with Crippen LogP contribution in [-0.2, 0) is 9.53 Å². The van der Waals surface area contributed by atoms with E-state index in [1.807, 2.05) is 24.3 Å². The minimum Gasteiger partial charge on any atom is -0.460 e. The minimum atomic E-state index is -0.417. The van der Waals surface area contributed by atoms with Gasteiger partial charge in [-0.15, -0.1) is 0 Å². The van der Waals surface area contributed by atoms with Crippen LogP contribution in [0.2, 0.25) is 0 Å². The van der Waals surface area contributed by atoms with Crippen molar-refractivity contribution in [2.75, 3.05) is 6.61 Å². The van der Waals surface area contributed by atoms with Crippen LogP contribution in [0.15, 0.2) is 34.2 Å². The molecule has 78 valence electrons. The third-order valence-electron chi connectivity index (χ3n) is 1.82. The number of amidine groups is 1. The molecule has 1 aromatic carbocycles. The van der Waals surface area contributed by atoms with Gasteiger partial charge in [0.2, 0.25) is 5.84 Å². The standard InChI is InChI=1S/C10H10N2O2S/c1-2-14-10(13)9-11-7-5-3-4-6-8(7)15-12-9/h3-6H,2H2,1H3,(H,11,12). The zero-order chi connectivity index (χ0) is 10.7. The summed E-state index contributed by atoms with van der Waals surface area (Å²) in [6.07, 6.45) is 0. The van der Waals surface area contributed by atoms with Gasteiger partial charge in [-0.3, -0.25) is 0 Å². The van der Waals surface area contributed by atoms with Gasteiger partial charge in [0.15, 0.2) is 0 Å². The van der Waals surface area contributed by atoms with Crippen molar-refractivity contribution in [1.82, 2.24) is 4.72 Å². The first-order valence-corrected chi connectivity index (χ1v) is 5.40. The summed E-state index contributed by atoms with van der Waals surface area (Å²) in [5.74, 6) is -0.167. The van der Waals surface area contributed by atoms with E-state index >= 15 is 0 Å². The smallest absolute Gasteiger partial charge is 0.374 e. The Morgan fingerprint density at radius 2 is 2.33 bits per heavy atom. The zero-order valence-corrected chi connectivity index (χ0v) is 9.00. The van der Waals surface area contributed by atoms with Crippen LogP contribution in [-0.4, -0.2) is 18.4 Å². The molecule has 15 heavy (non-hydrogen) atoms. The van der Waals surface area contributed by atoms with E-state index < -0.39 is 5.97 Å². The number of para-hydroxylation sites is 1. The van der Waals surface area contributed by atoms with Crippen molar-refractivity contribution in [3.8, 4) is 0 Å². The van der Waals surface area contributed by atoms with Gasteiger partial charge in [-0.2, -0.15) is 0 Å². The quantitative estimate of drug-likeness (QED) is 0.613. The molecule has 1 N–H and O–H groups in total. The van der Waals surface area contributed by atoms with E-state index in [1.165, 1.54) is 11.9 Å². The Labute approximate surface area is 91.9 Å². The number of esters is 1. The highest BCUT2D eigenvalue weighted by molar-refractivity contribution is 7.98. The fraction of sp³-hybridized carbons (Fsp3) is 0.200. The number of hydrogen-bond acceptors (Lipinski definition) is 5. The molecule has 1 aliphatic heterocycles. The second kappa shape index (κ2) is 4.35. The van der Waals surface area contributed by atoms with Gasteiger partial charge < -0.3 is 9.46 Å². The molecule has 1 aliphatic rings. The Morgan fingerprint density at radius 1 is 1.53 bits per heavy atom. The maximum absolute atomic E-state index is 11.4. The van der Waals surface area contributed by atoms with E-state index in [1.54, 1.807) is 6.92 Å². The number of rotatable bonds is 2. The molecule has 4 nitrogen and oxygen atoms in total. The summed E-state index contributed by atoms with van der Waals surface area (Å²) in [5, 5.41) is 0. The van der Waals surface area contributed by atoms with Crippen molar-refractivity contribution in [3.05, 3.63) is 24.3 Å². The van der Waals surface area contributed by atoms with E-state index in [4.69, 9.17) is 4.74 Å². The number of carbonyl (C=O) groups excluding carboxylic acids is 1. The summed E-state index contributed by atoms with van der Waals surface area (Å²) in [5.41, 5.74) is 0.796. The monoisotopic (exact) mass is 222 g/mol. The number of benzene rings is 1. The average Bonchev–Trinajstić information content (AvgIpc) is 2.29. The van der Waals surface area contributed by atoms with Gasteiger partial charge in [0.05, 0.1) is 17.2 Å². The fourth-order valence-electron chi connectivity index (χ4n) is 1.17. The molecule has 0 atom stereocenters. The van der Waals surface area contributed by atoms with Crippen LogP contribution in [0, 0.1) is 0 Å². The molecule has 5 heteroatoms. The summed E-state index contributed by atoms with van der Waals surface area (Å²) < 4.78 is 7.70. The van der Waals surface area contributed by atoms with Crippen molar-refractivity contribution in [2.45, 2.75) is 11.8 Å². The number of nitrogens with one attached hydrogen (secondary N) is 1. The maximum atomic E-state index is 11.4. The van der Waals surface area contributed by atoms with Gasteiger partial charge >= 0.3 is 5.97 Å². The molecule has 0 spiro atoms. The van der Waals surface area contributed by atoms with Crippen LogP contribution < -0.4 is 4.72 Å². The second-order valence-electron chi connectivity index (χ2n) is 2.85. The van der Waals surface area contributed by atoms with E-state index in [0.717, 1.165) is 10.6 Å². The minimum absolute atomic E-state index is 0.251. The predicted octanol–water partition coefficient (Wildman–Crippen LogP) is 1.89. The van der Waals surface area contributed by atoms with Crippen LogP contribution in [0.25, 0.3) is 0 Å². The van der Waals surface area contributed by atoms with Crippen molar-refractivity contribution < 1.29 is 9.53 Å². The van der Waals surface area contributed by atoms with Gasteiger partial charge in [-0.1, -0.05) is 12.1 Å². The van der Waals surface area contributed by atoms with Gasteiger partial charge in [0.25, 0.3) is 0 Å². The normalized spacial score (nSPS) is 13.5. The molecule has 0 amide bonds. The summed E-state index contributed by atoms with van der Waals surface area (Å²) in [7, 11) is 0. The molecule has 0 aliphatic carbocycles. The number of hydrogen-bond donors (Lipinski definition) is 1. The zero-order valence-electron chi connectivity index (χ0n) is 8.19. The molecule has 0 saturated carbocycles. The van der Waals surface area contributed by atoms with Gasteiger partial charge in [0, 0.05) is 0 Å². The summed E-state index contributed by atoms with van der Waals surface area (Å²) in [4.78, 5) is 16.6. The molecule has 0 unspecified atom stereocenters. The summed E-state index contributed by atoms with van der Waals surface area (Å²) >= 11 is 1.37. The van der Waals surface area contributed by atoms with Crippen molar-refractivity contribution in [3.63, 3.8) is 0 Å². The number of fused-ring (bicyclic) bond motifs is 1. The first-order chi connectivity index (χ1) is 7.31. The molecule has 2 rings (SSSR count). The molecule has 0 bridgehead atoms.